The molecule has 33 heavy (non-hydrogen) atoms. The van der Waals surface area contributed by atoms with E-state index in [1.54, 1.807) is 0 Å². The van der Waals surface area contributed by atoms with Gasteiger partial charge >= 0.3 is 11.9 Å². The van der Waals surface area contributed by atoms with Crippen LogP contribution in [0.25, 0.3) is 0 Å². The topological polar surface area (TPSA) is 99.6 Å². The zero-order valence-electron chi connectivity index (χ0n) is 17.7. The summed E-state index contributed by atoms with van der Waals surface area (Å²) in [4.78, 5) is 41.5. The van der Waals surface area contributed by atoms with Crippen molar-refractivity contribution in [3.05, 3.63) is 59.2 Å². The highest BCUT2D eigenvalue weighted by Gasteiger charge is 2.53. The van der Waals surface area contributed by atoms with Crippen LogP contribution in [0.1, 0.15) is 47.3 Å². The number of hydrogen-bond acceptors (Lipinski definition) is 4. The molecule has 0 spiro atoms. The van der Waals surface area contributed by atoms with E-state index >= 15 is 8.78 Å². The molecule has 4 rings (SSSR count). The minimum absolute atomic E-state index is 0.137. The van der Waals surface area contributed by atoms with Crippen molar-refractivity contribution in [2.45, 2.75) is 50.6 Å². The summed E-state index contributed by atoms with van der Waals surface area (Å²) in [5.74, 6) is -8.21. The first-order valence-corrected chi connectivity index (χ1v) is 10.6. The summed E-state index contributed by atoms with van der Waals surface area (Å²) < 4.78 is 43.8. The van der Waals surface area contributed by atoms with E-state index in [1.165, 1.54) is 31.2 Å². The van der Waals surface area contributed by atoms with Gasteiger partial charge in [0.25, 0.3) is 11.8 Å². The van der Waals surface area contributed by atoms with Crippen LogP contribution in [0.2, 0.25) is 0 Å². The highest BCUT2D eigenvalue weighted by atomic mass is 19.3. The van der Waals surface area contributed by atoms with Gasteiger partial charge in [-0.05, 0) is 68.5 Å². The number of alkyl halides is 2. The van der Waals surface area contributed by atoms with E-state index in [4.69, 9.17) is 0 Å². The molecule has 2 aliphatic rings. The Morgan fingerprint density at radius 1 is 1.12 bits per heavy atom. The first kappa shape index (κ1) is 22.8. The summed E-state index contributed by atoms with van der Waals surface area (Å²) in [6, 6.07) is 4.90. The van der Waals surface area contributed by atoms with Gasteiger partial charge in [-0.2, -0.15) is 8.78 Å². The van der Waals surface area contributed by atoms with Crippen molar-refractivity contribution < 1.29 is 32.7 Å². The Kier molecular flexibility index (Phi) is 5.85. The number of anilines is 1. The molecule has 1 aromatic carbocycles. The van der Waals surface area contributed by atoms with Gasteiger partial charge in [-0.3, -0.25) is 19.4 Å². The van der Waals surface area contributed by atoms with Gasteiger partial charge in [0.05, 0.1) is 5.92 Å². The van der Waals surface area contributed by atoms with Crippen LogP contribution in [0.4, 0.5) is 18.9 Å². The maximum Gasteiger partial charge on any atom is 0.366 e. The lowest BCUT2D eigenvalue weighted by Crippen LogP contribution is -2.52. The van der Waals surface area contributed by atoms with Crippen molar-refractivity contribution >= 4 is 23.5 Å². The number of aliphatic carboxylic acids is 1. The van der Waals surface area contributed by atoms with E-state index in [-0.39, 0.29) is 24.1 Å². The molecule has 2 bridgehead atoms. The summed E-state index contributed by atoms with van der Waals surface area (Å²) >= 11 is 0. The number of halogens is 3. The monoisotopic (exact) mass is 461 g/mol. The SMILES string of the molecule is Cc1cc(NC(=O)c2ccnc(C(F)(F)C(=O)N3C4CC[C@@H]3CC(C(=O)O)C4)c2)ccc1F. The van der Waals surface area contributed by atoms with Gasteiger partial charge in [0.2, 0.25) is 0 Å². The van der Waals surface area contributed by atoms with E-state index < -0.39 is 53.2 Å². The van der Waals surface area contributed by atoms with Crippen LogP contribution >= 0.6 is 0 Å². The van der Waals surface area contributed by atoms with Crippen LogP contribution in [0.5, 0.6) is 0 Å². The first-order valence-electron chi connectivity index (χ1n) is 10.6. The van der Waals surface area contributed by atoms with Crippen molar-refractivity contribution in [2.75, 3.05) is 5.32 Å². The van der Waals surface area contributed by atoms with E-state index in [2.05, 4.69) is 10.3 Å². The Balaban J connectivity index is 1.53. The Morgan fingerprint density at radius 2 is 1.79 bits per heavy atom. The highest BCUT2D eigenvalue weighted by molar-refractivity contribution is 6.04. The van der Waals surface area contributed by atoms with Gasteiger partial charge in [-0.15, -0.1) is 0 Å². The third-order valence-electron chi connectivity index (χ3n) is 6.35. The van der Waals surface area contributed by atoms with Gasteiger partial charge in [-0.1, -0.05) is 0 Å². The molecule has 2 aromatic rings. The van der Waals surface area contributed by atoms with Gasteiger partial charge in [-0.25, -0.2) is 4.39 Å². The fourth-order valence-corrected chi connectivity index (χ4v) is 4.65. The molecule has 174 valence electrons. The van der Waals surface area contributed by atoms with Gasteiger partial charge < -0.3 is 15.3 Å². The van der Waals surface area contributed by atoms with E-state index in [9.17, 15) is 23.9 Å². The molecule has 0 radical (unpaired) electrons. The molecule has 2 N–H and O–H groups in total. The van der Waals surface area contributed by atoms with Crippen LogP contribution < -0.4 is 5.32 Å². The third-order valence-corrected chi connectivity index (χ3v) is 6.35. The molecule has 2 saturated heterocycles. The number of nitrogens with zero attached hydrogens (tertiary/aromatic N) is 2. The Bertz CT molecular complexity index is 1110. The number of nitrogens with one attached hydrogen (secondary N) is 1. The van der Waals surface area contributed by atoms with Crippen molar-refractivity contribution in [1.29, 1.82) is 0 Å². The molecule has 0 aliphatic carbocycles. The number of benzene rings is 1. The maximum absolute atomic E-state index is 15.2. The van der Waals surface area contributed by atoms with Crippen molar-refractivity contribution in [2.24, 2.45) is 5.92 Å². The maximum atomic E-state index is 15.2. The van der Waals surface area contributed by atoms with Gasteiger partial charge in [0, 0.05) is 29.5 Å². The second-order valence-corrected chi connectivity index (χ2v) is 8.53. The second-order valence-electron chi connectivity index (χ2n) is 8.53. The second kappa shape index (κ2) is 8.49. The fourth-order valence-electron chi connectivity index (χ4n) is 4.65. The number of carbonyl (C=O) groups is 3. The molecular weight excluding hydrogens is 439 g/mol. The lowest BCUT2D eigenvalue weighted by atomic mass is 9.90. The van der Waals surface area contributed by atoms with Gasteiger partial charge in [0.1, 0.15) is 11.5 Å². The molecule has 0 saturated carbocycles. The number of aryl methyl sites for hydroxylation is 1. The number of pyridine rings is 1. The van der Waals surface area contributed by atoms with Crippen molar-refractivity contribution in [3.8, 4) is 0 Å². The number of rotatable bonds is 5. The molecule has 3 atom stereocenters. The first-order chi connectivity index (χ1) is 15.6. The smallest absolute Gasteiger partial charge is 0.366 e. The van der Waals surface area contributed by atoms with Crippen LogP contribution in [0.15, 0.2) is 36.5 Å². The average molecular weight is 461 g/mol. The number of carboxylic acid groups (broad SMARTS) is 1. The number of amides is 2. The Labute approximate surface area is 187 Å². The zero-order valence-corrected chi connectivity index (χ0v) is 17.7. The Hall–Kier alpha value is -3.43. The van der Waals surface area contributed by atoms with Crippen LogP contribution in [0.3, 0.4) is 0 Å². The van der Waals surface area contributed by atoms with E-state index in [1.807, 2.05) is 0 Å². The number of piperidine rings is 1. The van der Waals surface area contributed by atoms with Gasteiger partial charge in [0.15, 0.2) is 0 Å². The molecule has 2 amide bonds. The summed E-state index contributed by atoms with van der Waals surface area (Å²) in [5.41, 5.74) is -0.406. The molecule has 7 nitrogen and oxygen atoms in total. The molecule has 3 heterocycles. The average Bonchev–Trinajstić information content (AvgIpc) is 3.04. The fraction of sp³-hybridized carbons (Fsp3) is 0.391. The predicted molar refractivity (Wildman–Crippen MR) is 111 cm³/mol. The summed E-state index contributed by atoms with van der Waals surface area (Å²) in [6.07, 6.45) is 2.25. The largest absolute Gasteiger partial charge is 0.481 e. The van der Waals surface area contributed by atoms with Crippen LogP contribution in [0, 0.1) is 18.7 Å². The van der Waals surface area contributed by atoms with Crippen LogP contribution in [-0.2, 0) is 15.5 Å². The molecule has 2 unspecified atom stereocenters. The third kappa shape index (κ3) is 4.29. The molecule has 2 aliphatic heterocycles. The summed E-state index contributed by atoms with van der Waals surface area (Å²) in [5, 5.41) is 11.8. The summed E-state index contributed by atoms with van der Waals surface area (Å²) in [6.45, 7) is 1.52. The van der Waals surface area contributed by atoms with Crippen molar-refractivity contribution in [3.63, 3.8) is 0 Å². The van der Waals surface area contributed by atoms with Crippen molar-refractivity contribution in [1.82, 2.24) is 9.88 Å². The zero-order chi connectivity index (χ0) is 23.9. The number of carboxylic acids is 1. The standard InChI is InChI=1S/C23H22F3N3O4/c1-12-8-15(2-5-18(12)24)28-20(30)13-6-7-27-19(11-13)23(25,26)22(33)29-16-3-4-17(29)10-14(9-16)21(31)32/h2,5-8,11,14,16-17H,3-4,9-10H2,1H3,(H,28,30)(H,31,32)/t14?,16-,17?/m1/s1. The minimum atomic E-state index is -3.99. The van der Waals surface area contributed by atoms with Crippen LogP contribution in [-0.4, -0.2) is 44.9 Å². The summed E-state index contributed by atoms with van der Waals surface area (Å²) in [7, 11) is 0. The predicted octanol–water partition coefficient (Wildman–Crippen LogP) is 3.73. The quantitative estimate of drug-likeness (QED) is 0.707. The number of fused-ring (bicyclic) bond motifs is 2. The lowest BCUT2D eigenvalue weighted by Gasteiger charge is -2.39. The normalized spacial score (nSPS) is 22.2. The van der Waals surface area contributed by atoms with E-state index in [0.717, 1.165) is 17.2 Å². The van der Waals surface area contributed by atoms with E-state index in [0.29, 0.717) is 18.4 Å². The number of carbonyl (C=O) groups excluding carboxylic acids is 2. The lowest BCUT2D eigenvalue weighted by molar-refractivity contribution is -0.167. The number of hydrogen-bond donors (Lipinski definition) is 2. The molecule has 1 aromatic heterocycles. The molecule has 10 heteroatoms. The number of aromatic nitrogens is 1. The Morgan fingerprint density at radius 3 is 2.39 bits per heavy atom. The minimum Gasteiger partial charge on any atom is -0.481 e. The molecule has 2 fully saturated rings. The highest BCUT2D eigenvalue weighted by Crippen LogP contribution is 2.42. The molecular formula is C23H22F3N3O4.